The third kappa shape index (κ3) is 4.49. The molecular formula is C11H17ClN2O. The predicted octanol–water partition coefficient (Wildman–Crippen LogP) is 2.50. The van der Waals surface area contributed by atoms with Gasteiger partial charge in [0, 0.05) is 18.8 Å². The Labute approximate surface area is 95.8 Å². The first-order valence-corrected chi connectivity index (χ1v) is 5.58. The molecule has 0 aliphatic rings. The molecule has 0 radical (unpaired) electrons. The molecule has 1 aromatic heterocycles. The summed E-state index contributed by atoms with van der Waals surface area (Å²) in [5.74, 6) is 0.505. The molecule has 3 nitrogen and oxygen atoms in total. The number of pyridine rings is 1. The van der Waals surface area contributed by atoms with Gasteiger partial charge < -0.3 is 10.1 Å². The molecular weight excluding hydrogens is 212 g/mol. The lowest BCUT2D eigenvalue weighted by molar-refractivity contribution is 0.295. The largest absolute Gasteiger partial charge is 0.475 e. The van der Waals surface area contributed by atoms with E-state index in [0.29, 0.717) is 23.6 Å². The minimum atomic E-state index is 0.505. The van der Waals surface area contributed by atoms with E-state index in [1.807, 2.05) is 0 Å². The van der Waals surface area contributed by atoms with Crippen molar-refractivity contribution in [3.05, 3.63) is 23.4 Å². The van der Waals surface area contributed by atoms with Gasteiger partial charge in [0.15, 0.2) is 0 Å². The standard InChI is InChI=1S/C11H17ClN2O/c1-3-9(2)13-7-8-15-11-10(12)5-4-6-14-11/h4-6,9,13H,3,7-8H2,1-2H3. The number of rotatable bonds is 6. The van der Waals surface area contributed by atoms with Crippen LogP contribution in [0.3, 0.4) is 0 Å². The minimum Gasteiger partial charge on any atom is -0.475 e. The highest BCUT2D eigenvalue weighted by atomic mass is 35.5. The molecule has 1 rings (SSSR count). The molecule has 0 fully saturated rings. The van der Waals surface area contributed by atoms with Crippen molar-refractivity contribution in [2.75, 3.05) is 13.2 Å². The number of ether oxygens (including phenoxy) is 1. The van der Waals surface area contributed by atoms with Gasteiger partial charge in [-0.25, -0.2) is 4.98 Å². The third-order valence-corrected chi connectivity index (χ3v) is 2.46. The number of hydrogen-bond acceptors (Lipinski definition) is 3. The first kappa shape index (κ1) is 12.3. The van der Waals surface area contributed by atoms with E-state index in [-0.39, 0.29) is 0 Å². The van der Waals surface area contributed by atoms with Gasteiger partial charge in [0.05, 0.1) is 0 Å². The van der Waals surface area contributed by atoms with E-state index in [1.54, 1.807) is 18.3 Å². The van der Waals surface area contributed by atoms with E-state index < -0.39 is 0 Å². The summed E-state index contributed by atoms with van der Waals surface area (Å²) in [4.78, 5) is 4.03. The molecule has 1 unspecified atom stereocenters. The Bertz CT molecular complexity index is 294. The van der Waals surface area contributed by atoms with Gasteiger partial charge in [-0.1, -0.05) is 18.5 Å². The maximum absolute atomic E-state index is 5.89. The summed E-state index contributed by atoms with van der Waals surface area (Å²) in [6, 6.07) is 4.08. The SMILES string of the molecule is CCC(C)NCCOc1ncccc1Cl. The van der Waals surface area contributed by atoms with Gasteiger partial charge in [0.1, 0.15) is 11.6 Å². The fourth-order valence-corrected chi connectivity index (χ4v) is 1.25. The molecule has 0 saturated heterocycles. The molecule has 1 aromatic rings. The fourth-order valence-electron chi connectivity index (χ4n) is 1.07. The molecule has 1 heterocycles. The monoisotopic (exact) mass is 228 g/mol. The van der Waals surface area contributed by atoms with Gasteiger partial charge in [-0.3, -0.25) is 0 Å². The number of nitrogens with zero attached hydrogens (tertiary/aromatic N) is 1. The lowest BCUT2D eigenvalue weighted by atomic mass is 10.3. The summed E-state index contributed by atoms with van der Waals surface area (Å²) in [5.41, 5.74) is 0. The van der Waals surface area contributed by atoms with Gasteiger partial charge in [-0.15, -0.1) is 0 Å². The predicted molar refractivity (Wildman–Crippen MR) is 62.5 cm³/mol. The highest BCUT2D eigenvalue weighted by molar-refractivity contribution is 6.31. The van der Waals surface area contributed by atoms with Crippen LogP contribution in [0.5, 0.6) is 5.88 Å². The van der Waals surface area contributed by atoms with Gasteiger partial charge in [0.25, 0.3) is 0 Å². The molecule has 1 N–H and O–H groups in total. The van der Waals surface area contributed by atoms with Crippen LogP contribution in [0.1, 0.15) is 20.3 Å². The van der Waals surface area contributed by atoms with Crippen LogP contribution < -0.4 is 10.1 Å². The molecule has 0 spiro atoms. The topological polar surface area (TPSA) is 34.1 Å². The van der Waals surface area contributed by atoms with Crippen molar-refractivity contribution in [3.8, 4) is 5.88 Å². The lowest BCUT2D eigenvalue weighted by Gasteiger charge is -2.11. The van der Waals surface area contributed by atoms with Crippen molar-refractivity contribution < 1.29 is 4.74 Å². The summed E-state index contributed by atoms with van der Waals surface area (Å²) in [6.45, 7) is 5.69. The zero-order valence-corrected chi connectivity index (χ0v) is 9.92. The van der Waals surface area contributed by atoms with E-state index >= 15 is 0 Å². The quantitative estimate of drug-likeness (QED) is 0.760. The van der Waals surface area contributed by atoms with Crippen LogP contribution >= 0.6 is 11.6 Å². The van der Waals surface area contributed by atoms with E-state index in [9.17, 15) is 0 Å². The van der Waals surface area contributed by atoms with Crippen LogP contribution in [0.4, 0.5) is 0 Å². The van der Waals surface area contributed by atoms with Crippen molar-refractivity contribution in [2.45, 2.75) is 26.3 Å². The van der Waals surface area contributed by atoms with Crippen molar-refractivity contribution >= 4 is 11.6 Å². The van der Waals surface area contributed by atoms with E-state index in [1.165, 1.54) is 0 Å². The van der Waals surface area contributed by atoms with Crippen LogP contribution in [0, 0.1) is 0 Å². The first-order valence-electron chi connectivity index (χ1n) is 5.20. The number of aromatic nitrogens is 1. The molecule has 15 heavy (non-hydrogen) atoms. The second-order valence-corrected chi connectivity index (χ2v) is 3.81. The maximum atomic E-state index is 5.89. The summed E-state index contributed by atoms with van der Waals surface area (Å²) < 4.78 is 5.43. The number of nitrogens with one attached hydrogen (secondary N) is 1. The van der Waals surface area contributed by atoms with E-state index in [2.05, 4.69) is 24.1 Å². The van der Waals surface area contributed by atoms with Crippen molar-refractivity contribution in [3.63, 3.8) is 0 Å². The van der Waals surface area contributed by atoms with Crippen LogP contribution in [0.15, 0.2) is 18.3 Å². The number of halogens is 1. The number of hydrogen-bond donors (Lipinski definition) is 1. The molecule has 0 saturated carbocycles. The summed E-state index contributed by atoms with van der Waals surface area (Å²) in [6.07, 6.45) is 2.79. The zero-order valence-electron chi connectivity index (χ0n) is 9.16. The second-order valence-electron chi connectivity index (χ2n) is 3.40. The normalized spacial score (nSPS) is 12.5. The first-order chi connectivity index (χ1) is 7.24. The Morgan fingerprint density at radius 2 is 2.40 bits per heavy atom. The van der Waals surface area contributed by atoms with Crippen molar-refractivity contribution in [1.82, 2.24) is 10.3 Å². The van der Waals surface area contributed by atoms with Gasteiger partial charge >= 0.3 is 0 Å². The van der Waals surface area contributed by atoms with Gasteiger partial charge in [-0.05, 0) is 25.5 Å². The minimum absolute atomic E-state index is 0.505. The Morgan fingerprint density at radius 3 is 3.07 bits per heavy atom. The van der Waals surface area contributed by atoms with Crippen LogP contribution in [0.25, 0.3) is 0 Å². The lowest BCUT2D eigenvalue weighted by Crippen LogP contribution is -2.29. The Hall–Kier alpha value is -0.800. The second kappa shape index (κ2) is 6.64. The third-order valence-electron chi connectivity index (χ3n) is 2.17. The molecule has 84 valence electrons. The molecule has 4 heteroatoms. The van der Waals surface area contributed by atoms with Crippen LogP contribution in [-0.2, 0) is 0 Å². The highest BCUT2D eigenvalue weighted by Crippen LogP contribution is 2.19. The molecule has 0 bridgehead atoms. The summed E-state index contributed by atoms with van der Waals surface area (Å²) in [7, 11) is 0. The van der Waals surface area contributed by atoms with Crippen molar-refractivity contribution in [1.29, 1.82) is 0 Å². The maximum Gasteiger partial charge on any atom is 0.232 e. The zero-order chi connectivity index (χ0) is 11.1. The smallest absolute Gasteiger partial charge is 0.232 e. The molecule has 0 amide bonds. The average molecular weight is 229 g/mol. The summed E-state index contributed by atoms with van der Waals surface area (Å²) >= 11 is 5.89. The Morgan fingerprint density at radius 1 is 1.60 bits per heavy atom. The Balaban J connectivity index is 2.23. The highest BCUT2D eigenvalue weighted by Gasteiger charge is 2.01. The molecule has 0 aromatic carbocycles. The summed E-state index contributed by atoms with van der Waals surface area (Å²) in [5, 5.41) is 3.88. The average Bonchev–Trinajstić information content (AvgIpc) is 2.26. The van der Waals surface area contributed by atoms with E-state index in [0.717, 1.165) is 13.0 Å². The molecule has 0 aliphatic heterocycles. The fraction of sp³-hybridized carbons (Fsp3) is 0.545. The van der Waals surface area contributed by atoms with Crippen molar-refractivity contribution in [2.24, 2.45) is 0 Å². The van der Waals surface area contributed by atoms with E-state index in [4.69, 9.17) is 16.3 Å². The van der Waals surface area contributed by atoms with Crippen LogP contribution in [0.2, 0.25) is 5.02 Å². The van der Waals surface area contributed by atoms with Gasteiger partial charge in [-0.2, -0.15) is 0 Å². The van der Waals surface area contributed by atoms with Crippen LogP contribution in [-0.4, -0.2) is 24.2 Å². The molecule has 0 aliphatic carbocycles. The molecule has 1 atom stereocenters. The Kier molecular flexibility index (Phi) is 5.43. The van der Waals surface area contributed by atoms with Gasteiger partial charge in [0.2, 0.25) is 5.88 Å².